The predicted molar refractivity (Wildman–Crippen MR) is 94.9 cm³/mol. The van der Waals surface area contributed by atoms with Gasteiger partial charge in [0, 0.05) is 43.5 Å². The third kappa shape index (κ3) is 3.23. The van der Waals surface area contributed by atoms with Crippen LogP contribution in [0.1, 0.15) is 35.0 Å². The van der Waals surface area contributed by atoms with E-state index < -0.39 is 6.23 Å². The third-order valence-corrected chi connectivity index (χ3v) is 5.11. The van der Waals surface area contributed by atoms with Crippen LogP contribution in [0.25, 0.3) is 5.57 Å². The summed E-state index contributed by atoms with van der Waals surface area (Å²) < 4.78 is 14.6. The van der Waals surface area contributed by atoms with Crippen molar-refractivity contribution >= 4 is 5.57 Å². The van der Waals surface area contributed by atoms with E-state index in [2.05, 4.69) is 23.0 Å². The van der Waals surface area contributed by atoms with Gasteiger partial charge in [-0.3, -0.25) is 9.88 Å². The van der Waals surface area contributed by atoms with E-state index in [1.165, 1.54) is 5.57 Å². The Labute approximate surface area is 147 Å². The number of benzene rings is 1. The number of aliphatic hydroxyl groups is 1. The molecule has 2 aromatic rings. The zero-order valence-corrected chi connectivity index (χ0v) is 14.3. The average Bonchev–Trinajstić information content (AvgIpc) is 2.94. The molecule has 0 radical (unpaired) electrons. The highest BCUT2D eigenvalue weighted by atomic mass is 19.1. The summed E-state index contributed by atoms with van der Waals surface area (Å²) >= 11 is 0. The Bertz CT molecular complexity index is 820. The Morgan fingerprint density at radius 3 is 2.92 bits per heavy atom. The number of aromatic nitrogens is 1. The van der Waals surface area contributed by atoms with Gasteiger partial charge >= 0.3 is 0 Å². The van der Waals surface area contributed by atoms with Crippen LogP contribution in [0.2, 0.25) is 0 Å². The lowest BCUT2D eigenvalue weighted by atomic mass is 9.98. The van der Waals surface area contributed by atoms with Gasteiger partial charge in [-0.25, -0.2) is 4.39 Å². The van der Waals surface area contributed by atoms with Crippen molar-refractivity contribution in [1.82, 2.24) is 14.8 Å². The Hall–Kier alpha value is -2.08. The van der Waals surface area contributed by atoms with Gasteiger partial charge in [-0.05, 0) is 36.7 Å². The molecule has 4 rings (SSSR count). The lowest BCUT2D eigenvalue weighted by molar-refractivity contribution is 0.00694. The number of nitrogens with zero attached hydrogens (tertiary/aromatic N) is 3. The predicted octanol–water partition coefficient (Wildman–Crippen LogP) is 2.95. The van der Waals surface area contributed by atoms with Crippen LogP contribution in [0.15, 0.2) is 42.6 Å². The van der Waals surface area contributed by atoms with Gasteiger partial charge in [-0.2, -0.15) is 0 Å². The number of hydrogen-bond donors (Lipinski definition) is 1. The molecule has 2 aliphatic rings. The largest absolute Gasteiger partial charge is 0.374 e. The van der Waals surface area contributed by atoms with E-state index >= 15 is 0 Å². The van der Waals surface area contributed by atoms with Crippen molar-refractivity contribution < 1.29 is 9.50 Å². The fourth-order valence-corrected chi connectivity index (χ4v) is 3.56. The number of hydrogen-bond acceptors (Lipinski definition) is 4. The zero-order chi connectivity index (χ0) is 17.4. The molecule has 25 heavy (non-hydrogen) atoms. The number of rotatable bonds is 3. The molecule has 0 aliphatic carbocycles. The monoisotopic (exact) mass is 339 g/mol. The van der Waals surface area contributed by atoms with Gasteiger partial charge in [0.2, 0.25) is 0 Å². The van der Waals surface area contributed by atoms with Crippen molar-refractivity contribution in [1.29, 1.82) is 0 Å². The molecule has 0 saturated carbocycles. The van der Waals surface area contributed by atoms with E-state index in [1.54, 1.807) is 12.3 Å². The molecule has 2 aliphatic heterocycles. The second-order valence-electron chi connectivity index (χ2n) is 6.87. The molecule has 1 aromatic carbocycles. The molecule has 4 nitrogen and oxygen atoms in total. The first-order chi connectivity index (χ1) is 12.1. The average molecular weight is 339 g/mol. The van der Waals surface area contributed by atoms with Crippen LogP contribution < -0.4 is 0 Å². The van der Waals surface area contributed by atoms with E-state index in [-0.39, 0.29) is 5.82 Å². The first kappa shape index (κ1) is 16.4. The quantitative estimate of drug-likeness (QED) is 0.933. The summed E-state index contributed by atoms with van der Waals surface area (Å²) in [7, 11) is 2.09. The molecule has 0 amide bonds. The SMILES string of the molecule is CN1CC=C(c2ccc(CN3Cc4ncccc4C3O)c(F)c2)CC1. The van der Waals surface area contributed by atoms with Gasteiger partial charge in [0.1, 0.15) is 12.0 Å². The van der Waals surface area contributed by atoms with Crippen molar-refractivity contribution in [2.24, 2.45) is 0 Å². The number of likely N-dealkylation sites (N-methyl/N-ethyl adjacent to an activating group) is 1. The van der Waals surface area contributed by atoms with E-state index in [0.29, 0.717) is 18.7 Å². The molecule has 1 atom stereocenters. The lowest BCUT2D eigenvalue weighted by Crippen LogP contribution is -2.24. The Kier molecular flexibility index (Phi) is 4.37. The molecule has 3 heterocycles. The van der Waals surface area contributed by atoms with Crippen LogP contribution in [0.4, 0.5) is 4.39 Å². The molecule has 1 aromatic heterocycles. The maximum Gasteiger partial charge on any atom is 0.136 e. The van der Waals surface area contributed by atoms with E-state index in [9.17, 15) is 9.50 Å². The van der Waals surface area contributed by atoms with Crippen molar-refractivity contribution in [2.45, 2.75) is 25.7 Å². The van der Waals surface area contributed by atoms with E-state index in [4.69, 9.17) is 0 Å². The van der Waals surface area contributed by atoms with Gasteiger partial charge < -0.3 is 10.0 Å². The van der Waals surface area contributed by atoms with Crippen molar-refractivity contribution in [2.75, 3.05) is 20.1 Å². The summed E-state index contributed by atoms with van der Waals surface area (Å²) in [5.74, 6) is -0.214. The summed E-state index contributed by atoms with van der Waals surface area (Å²) in [6, 6.07) is 9.14. The highest BCUT2D eigenvalue weighted by Crippen LogP contribution is 2.32. The minimum atomic E-state index is -0.723. The second kappa shape index (κ2) is 6.67. The first-order valence-corrected chi connectivity index (χ1v) is 8.64. The Balaban J connectivity index is 1.51. The standard InChI is InChI=1S/C20H22FN3O/c1-23-9-6-14(7-10-23)15-4-5-16(18(21)11-15)12-24-13-19-17(20(24)25)3-2-8-22-19/h2-6,8,11,20,25H,7,9-10,12-13H2,1H3. The van der Waals surface area contributed by atoms with Crippen molar-refractivity contribution in [3.05, 3.63) is 70.8 Å². The Morgan fingerprint density at radius 2 is 2.20 bits per heavy atom. The molecular formula is C20H22FN3O. The van der Waals surface area contributed by atoms with Gasteiger partial charge in [-0.15, -0.1) is 0 Å². The number of aliphatic hydroxyl groups excluding tert-OH is 1. The summed E-state index contributed by atoms with van der Waals surface area (Å²) in [6.07, 6.45) is 4.12. The first-order valence-electron chi connectivity index (χ1n) is 8.64. The maximum atomic E-state index is 14.6. The van der Waals surface area contributed by atoms with E-state index in [1.807, 2.05) is 29.2 Å². The van der Waals surface area contributed by atoms with Crippen LogP contribution in [-0.2, 0) is 13.1 Å². The lowest BCUT2D eigenvalue weighted by Gasteiger charge is -2.23. The molecule has 1 N–H and O–H groups in total. The smallest absolute Gasteiger partial charge is 0.136 e. The molecule has 0 fully saturated rings. The topological polar surface area (TPSA) is 39.6 Å². The molecule has 130 valence electrons. The van der Waals surface area contributed by atoms with Gasteiger partial charge in [-0.1, -0.05) is 24.3 Å². The maximum absolute atomic E-state index is 14.6. The summed E-state index contributed by atoms with van der Waals surface area (Å²) in [6.45, 7) is 2.81. The van der Waals surface area contributed by atoms with Gasteiger partial charge in [0.05, 0.1) is 5.69 Å². The molecule has 0 saturated heterocycles. The summed E-state index contributed by atoms with van der Waals surface area (Å²) in [4.78, 5) is 8.38. The fourth-order valence-electron chi connectivity index (χ4n) is 3.56. The summed E-state index contributed by atoms with van der Waals surface area (Å²) in [5.41, 5.74) is 4.45. The van der Waals surface area contributed by atoms with Crippen LogP contribution in [-0.4, -0.2) is 40.0 Å². The highest BCUT2D eigenvalue weighted by Gasteiger charge is 2.29. The number of pyridine rings is 1. The molecular weight excluding hydrogens is 317 g/mol. The molecule has 5 heteroatoms. The van der Waals surface area contributed by atoms with E-state index in [0.717, 1.165) is 36.3 Å². The van der Waals surface area contributed by atoms with Crippen molar-refractivity contribution in [3.8, 4) is 0 Å². The molecule has 0 spiro atoms. The zero-order valence-electron chi connectivity index (χ0n) is 14.3. The minimum absolute atomic E-state index is 0.214. The molecule has 1 unspecified atom stereocenters. The highest BCUT2D eigenvalue weighted by molar-refractivity contribution is 5.66. The fraction of sp³-hybridized carbons (Fsp3) is 0.350. The third-order valence-electron chi connectivity index (χ3n) is 5.11. The van der Waals surface area contributed by atoms with Gasteiger partial charge in [0.25, 0.3) is 0 Å². The second-order valence-corrected chi connectivity index (χ2v) is 6.87. The normalized spacial score (nSPS) is 21.2. The van der Waals surface area contributed by atoms with Crippen LogP contribution in [0.3, 0.4) is 0 Å². The molecule has 0 bridgehead atoms. The van der Waals surface area contributed by atoms with Gasteiger partial charge in [0.15, 0.2) is 0 Å². The van der Waals surface area contributed by atoms with Crippen molar-refractivity contribution in [3.63, 3.8) is 0 Å². The Morgan fingerprint density at radius 1 is 1.32 bits per heavy atom. The number of halogens is 1. The summed E-state index contributed by atoms with van der Waals surface area (Å²) in [5, 5.41) is 10.4. The van der Waals surface area contributed by atoms with Crippen LogP contribution >= 0.6 is 0 Å². The minimum Gasteiger partial charge on any atom is -0.374 e. The van der Waals surface area contributed by atoms with Crippen LogP contribution in [0, 0.1) is 5.82 Å². The number of fused-ring (bicyclic) bond motifs is 1. The van der Waals surface area contributed by atoms with Crippen LogP contribution in [0.5, 0.6) is 0 Å².